The third-order valence-corrected chi connectivity index (χ3v) is 5.27. The summed E-state index contributed by atoms with van der Waals surface area (Å²) in [6, 6.07) is 17.5. The summed E-state index contributed by atoms with van der Waals surface area (Å²) in [5.41, 5.74) is 9.73. The number of carbonyl (C=O) groups is 2. The molecule has 0 aliphatic rings. The largest absolute Gasteiger partial charge is 0.495 e. The van der Waals surface area contributed by atoms with Crippen molar-refractivity contribution in [2.75, 3.05) is 37.9 Å². The molecule has 8 nitrogen and oxygen atoms in total. The molecule has 0 bridgehead atoms. The zero-order valence-electron chi connectivity index (χ0n) is 19.5. The highest BCUT2D eigenvalue weighted by Gasteiger charge is 2.19. The summed E-state index contributed by atoms with van der Waals surface area (Å²) < 4.78 is 11.3. The minimum absolute atomic E-state index is 0.112. The molecule has 0 aliphatic heterocycles. The van der Waals surface area contributed by atoms with Gasteiger partial charge in [0.05, 0.1) is 25.1 Å². The van der Waals surface area contributed by atoms with Crippen molar-refractivity contribution in [3.8, 4) is 11.5 Å². The second kappa shape index (κ2) is 11.2. The van der Waals surface area contributed by atoms with Gasteiger partial charge in [0, 0.05) is 24.7 Å². The van der Waals surface area contributed by atoms with E-state index < -0.39 is 0 Å². The Bertz CT molecular complexity index is 1160. The molecule has 178 valence electrons. The summed E-state index contributed by atoms with van der Waals surface area (Å²) >= 11 is 0. The fraction of sp³-hybridized carbons (Fsp3) is 0.231. The number of benzene rings is 3. The molecule has 3 aromatic rings. The van der Waals surface area contributed by atoms with E-state index in [0.717, 1.165) is 11.1 Å². The van der Waals surface area contributed by atoms with Gasteiger partial charge >= 0.3 is 0 Å². The second-order valence-electron chi connectivity index (χ2n) is 7.76. The Morgan fingerprint density at radius 2 is 1.71 bits per heavy atom. The number of anilines is 2. The first kappa shape index (κ1) is 24.6. The molecule has 0 aliphatic carbocycles. The lowest BCUT2D eigenvalue weighted by atomic mass is 10.1. The van der Waals surface area contributed by atoms with Crippen molar-refractivity contribution in [3.63, 3.8) is 0 Å². The number of rotatable bonds is 9. The van der Waals surface area contributed by atoms with Crippen LogP contribution < -0.4 is 25.4 Å². The first-order valence-electron chi connectivity index (χ1n) is 10.8. The maximum atomic E-state index is 13.1. The predicted octanol–water partition coefficient (Wildman–Crippen LogP) is 3.16. The summed E-state index contributed by atoms with van der Waals surface area (Å²) in [5, 5.41) is 11.4. The lowest BCUT2D eigenvalue weighted by molar-refractivity contribution is 0.0943. The zero-order chi connectivity index (χ0) is 24.7. The molecule has 0 heterocycles. The monoisotopic (exact) mass is 463 g/mol. The Balaban J connectivity index is 1.76. The van der Waals surface area contributed by atoms with E-state index in [2.05, 4.69) is 5.32 Å². The van der Waals surface area contributed by atoms with Gasteiger partial charge < -0.3 is 30.5 Å². The quantitative estimate of drug-likeness (QED) is 0.420. The van der Waals surface area contributed by atoms with Crippen LogP contribution in [-0.2, 0) is 6.61 Å². The van der Waals surface area contributed by atoms with E-state index in [4.69, 9.17) is 20.3 Å². The van der Waals surface area contributed by atoms with Gasteiger partial charge in [0.2, 0.25) is 0 Å². The number of methoxy groups -OCH3 is 1. The Morgan fingerprint density at radius 1 is 1.00 bits per heavy atom. The summed E-state index contributed by atoms with van der Waals surface area (Å²) in [5.74, 6) is 0.517. The fourth-order valence-corrected chi connectivity index (χ4v) is 3.35. The second-order valence-corrected chi connectivity index (χ2v) is 7.76. The molecule has 0 saturated carbocycles. The number of aryl methyl sites for hydroxylation is 1. The number of nitrogen functional groups attached to an aromatic ring is 1. The van der Waals surface area contributed by atoms with Gasteiger partial charge in [-0.05, 0) is 60.5 Å². The molecule has 3 rings (SSSR count). The lowest BCUT2D eigenvalue weighted by Gasteiger charge is -2.22. The smallest absolute Gasteiger partial charge is 0.258 e. The molecule has 0 fully saturated rings. The standard InChI is InChI=1S/C26H29N3O5/c1-17-4-11-22(29(2)26(32)20-9-10-21(27)23(15-20)33-3)24(14-17)34-16-18-5-7-19(8-6-18)25(31)28-12-13-30/h4-11,14-15,30H,12-13,16,27H2,1-3H3,(H,28,31). The van der Waals surface area contributed by atoms with Crippen LogP contribution in [0, 0.1) is 6.92 Å². The van der Waals surface area contributed by atoms with E-state index in [1.54, 1.807) is 49.5 Å². The molecule has 34 heavy (non-hydrogen) atoms. The molecular formula is C26H29N3O5. The number of nitrogens with zero attached hydrogens (tertiary/aromatic N) is 1. The number of nitrogens with two attached hydrogens (primary N) is 1. The van der Waals surface area contributed by atoms with Crippen molar-refractivity contribution < 1.29 is 24.2 Å². The van der Waals surface area contributed by atoms with Crippen molar-refractivity contribution in [3.05, 3.63) is 82.9 Å². The molecule has 0 unspecified atom stereocenters. The minimum atomic E-state index is -0.248. The van der Waals surface area contributed by atoms with Crippen LogP contribution in [0.5, 0.6) is 11.5 Å². The summed E-state index contributed by atoms with van der Waals surface area (Å²) in [7, 11) is 3.19. The maximum absolute atomic E-state index is 13.1. The van der Waals surface area contributed by atoms with Gasteiger partial charge in [0.15, 0.2) is 0 Å². The van der Waals surface area contributed by atoms with Gasteiger partial charge in [-0.15, -0.1) is 0 Å². The molecule has 4 N–H and O–H groups in total. The van der Waals surface area contributed by atoms with E-state index in [-0.39, 0.29) is 31.6 Å². The van der Waals surface area contributed by atoms with E-state index >= 15 is 0 Å². The molecule has 2 amide bonds. The number of aliphatic hydroxyl groups is 1. The molecule has 8 heteroatoms. The number of carbonyl (C=O) groups excluding carboxylic acids is 2. The highest BCUT2D eigenvalue weighted by atomic mass is 16.5. The first-order chi connectivity index (χ1) is 16.3. The Morgan fingerprint density at radius 3 is 2.38 bits per heavy atom. The van der Waals surface area contributed by atoms with E-state index in [9.17, 15) is 9.59 Å². The summed E-state index contributed by atoms with van der Waals surface area (Å²) in [6.07, 6.45) is 0. The maximum Gasteiger partial charge on any atom is 0.258 e. The zero-order valence-corrected chi connectivity index (χ0v) is 19.5. The van der Waals surface area contributed by atoms with Crippen LogP contribution in [0.15, 0.2) is 60.7 Å². The number of nitrogens with one attached hydrogen (secondary N) is 1. The van der Waals surface area contributed by atoms with Crippen LogP contribution in [0.25, 0.3) is 0 Å². The third kappa shape index (κ3) is 5.85. The van der Waals surface area contributed by atoms with Gasteiger partial charge in [-0.25, -0.2) is 0 Å². The molecule has 0 aromatic heterocycles. The van der Waals surface area contributed by atoms with Crippen LogP contribution in [0.1, 0.15) is 31.8 Å². The Kier molecular flexibility index (Phi) is 8.10. The number of hydrogen-bond donors (Lipinski definition) is 3. The average molecular weight is 464 g/mol. The van der Waals surface area contributed by atoms with Crippen LogP contribution in [0.4, 0.5) is 11.4 Å². The van der Waals surface area contributed by atoms with Gasteiger partial charge in [0.25, 0.3) is 11.8 Å². The third-order valence-electron chi connectivity index (χ3n) is 5.27. The topological polar surface area (TPSA) is 114 Å². The fourth-order valence-electron chi connectivity index (χ4n) is 3.35. The van der Waals surface area contributed by atoms with Crippen molar-refractivity contribution in [2.45, 2.75) is 13.5 Å². The van der Waals surface area contributed by atoms with E-state index in [1.807, 2.05) is 25.1 Å². The lowest BCUT2D eigenvalue weighted by Crippen LogP contribution is -2.27. The van der Waals surface area contributed by atoms with E-state index in [1.165, 1.54) is 12.0 Å². The first-order valence-corrected chi connectivity index (χ1v) is 10.8. The SMILES string of the molecule is COc1cc(C(=O)N(C)c2ccc(C)cc2OCc2ccc(C(=O)NCCO)cc2)ccc1N. The Hall–Kier alpha value is -4.04. The average Bonchev–Trinajstić information content (AvgIpc) is 2.85. The predicted molar refractivity (Wildman–Crippen MR) is 132 cm³/mol. The number of amides is 2. The van der Waals surface area contributed by atoms with Gasteiger partial charge in [0.1, 0.15) is 18.1 Å². The molecular weight excluding hydrogens is 434 g/mol. The van der Waals surface area contributed by atoms with Gasteiger partial charge in [-0.1, -0.05) is 18.2 Å². The van der Waals surface area contributed by atoms with Crippen LogP contribution in [-0.4, -0.2) is 44.2 Å². The molecule has 0 spiro atoms. The minimum Gasteiger partial charge on any atom is -0.495 e. The van der Waals surface area contributed by atoms with E-state index in [0.29, 0.717) is 34.0 Å². The number of hydrogen-bond acceptors (Lipinski definition) is 6. The van der Waals surface area contributed by atoms with Crippen LogP contribution in [0.2, 0.25) is 0 Å². The summed E-state index contributed by atoms with van der Waals surface area (Å²) in [6.45, 7) is 2.30. The van der Waals surface area contributed by atoms with Crippen molar-refractivity contribution in [1.82, 2.24) is 5.32 Å². The Labute approximate surface area is 198 Å². The van der Waals surface area contributed by atoms with Crippen molar-refractivity contribution >= 4 is 23.2 Å². The van der Waals surface area contributed by atoms with Gasteiger partial charge in [-0.2, -0.15) is 0 Å². The molecule has 3 aromatic carbocycles. The van der Waals surface area contributed by atoms with Gasteiger partial charge in [-0.3, -0.25) is 9.59 Å². The van der Waals surface area contributed by atoms with Crippen molar-refractivity contribution in [1.29, 1.82) is 0 Å². The van der Waals surface area contributed by atoms with Crippen LogP contribution in [0.3, 0.4) is 0 Å². The molecule has 0 radical (unpaired) electrons. The van der Waals surface area contributed by atoms with Crippen molar-refractivity contribution in [2.24, 2.45) is 0 Å². The normalized spacial score (nSPS) is 10.5. The highest BCUT2D eigenvalue weighted by Crippen LogP contribution is 2.31. The van der Waals surface area contributed by atoms with Crippen LogP contribution >= 0.6 is 0 Å². The summed E-state index contributed by atoms with van der Waals surface area (Å²) in [4.78, 5) is 26.6. The molecule has 0 atom stereocenters. The number of aliphatic hydroxyl groups excluding tert-OH is 1. The molecule has 0 saturated heterocycles. The highest BCUT2D eigenvalue weighted by molar-refractivity contribution is 6.07. The number of ether oxygens (including phenoxy) is 2.